The molecule has 0 aromatic carbocycles. The average Bonchev–Trinajstić information content (AvgIpc) is 2.37. The molecule has 1 unspecified atom stereocenters. The van der Waals surface area contributed by atoms with Gasteiger partial charge in [-0.1, -0.05) is 6.42 Å². The molecule has 0 aromatic heterocycles. The highest BCUT2D eigenvalue weighted by molar-refractivity contribution is 7.89. The Bertz CT molecular complexity index is 333. The molecule has 0 spiro atoms. The number of rotatable bonds is 9. The fourth-order valence-corrected chi connectivity index (χ4v) is 3.63. The van der Waals surface area contributed by atoms with E-state index in [1.807, 2.05) is 7.05 Å². The number of piperidine rings is 1. The molecule has 0 saturated carbocycles. The molecular formula is C13H29N3O2S. The Labute approximate surface area is 118 Å². The predicted molar refractivity (Wildman–Crippen MR) is 79.8 cm³/mol. The molecule has 1 aliphatic heterocycles. The zero-order chi connectivity index (χ0) is 14.1. The summed E-state index contributed by atoms with van der Waals surface area (Å²) in [5.41, 5.74) is 0. The number of nitrogens with zero attached hydrogens (tertiary/aromatic N) is 1. The zero-order valence-electron chi connectivity index (χ0n) is 12.3. The molecule has 0 aromatic rings. The van der Waals surface area contributed by atoms with E-state index < -0.39 is 10.0 Å². The van der Waals surface area contributed by atoms with Gasteiger partial charge in [0.1, 0.15) is 0 Å². The van der Waals surface area contributed by atoms with Crippen LogP contribution in [0.15, 0.2) is 0 Å². The number of likely N-dealkylation sites (tertiary alicyclic amines) is 1. The van der Waals surface area contributed by atoms with Crippen molar-refractivity contribution < 1.29 is 8.42 Å². The quantitative estimate of drug-likeness (QED) is 0.616. The first kappa shape index (κ1) is 16.9. The van der Waals surface area contributed by atoms with Gasteiger partial charge in [0.25, 0.3) is 0 Å². The molecule has 1 atom stereocenters. The third-order valence-electron chi connectivity index (χ3n) is 3.72. The Morgan fingerprint density at radius 3 is 2.68 bits per heavy atom. The van der Waals surface area contributed by atoms with Gasteiger partial charge in [-0.25, -0.2) is 13.1 Å². The molecule has 0 radical (unpaired) electrons. The summed E-state index contributed by atoms with van der Waals surface area (Å²) in [6.07, 6.45) is 5.44. The highest BCUT2D eigenvalue weighted by atomic mass is 32.2. The van der Waals surface area contributed by atoms with E-state index in [0.717, 1.165) is 26.1 Å². The van der Waals surface area contributed by atoms with E-state index in [1.54, 1.807) is 0 Å². The fourth-order valence-electron chi connectivity index (χ4n) is 2.51. The molecule has 0 bridgehead atoms. The summed E-state index contributed by atoms with van der Waals surface area (Å²) in [4.78, 5) is 2.47. The van der Waals surface area contributed by atoms with Crippen molar-refractivity contribution in [1.29, 1.82) is 0 Å². The van der Waals surface area contributed by atoms with Crippen molar-refractivity contribution in [3.63, 3.8) is 0 Å². The van der Waals surface area contributed by atoms with Gasteiger partial charge in [0.2, 0.25) is 10.0 Å². The lowest BCUT2D eigenvalue weighted by molar-refractivity contribution is 0.159. The lowest BCUT2D eigenvalue weighted by Crippen LogP contribution is -2.39. The number of sulfonamides is 1. The molecule has 0 aliphatic carbocycles. The topological polar surface area (TPSA) is 61.4 Å². The second kappa shape index (κ2) is 8.89. The second-order valence-corrected chi connectivity index (χ2v) is 7.33. The Hall–Kier alpha value is -0.170. The zero-order valence-corrected chi connectivity index (χ0v) is 13.1. The Morgan fingerprint density at radius 1 is 1.21 bits per heavy atom. The van der Waals surface area contributed by atoms with Crippen molar-refractivity contribution in [3.05, 3.63) is 0 Å². The lowest BCUT2D eigenvalue weighted by Gasteiger charge is -2.33. The molecule has 2 N–H and O–H groups in total. The van der Waals surface area contributed by atoms with Crippen LogP contribution in [0.5, 0.6) is 0 Å². The van der Waals surface area contributed by atoms with Crippen LogP contribution in [0.3, 0.4) is 0 Å². The van der Waals surface area contributed by atoms with E-state index >= 15 is 0 Å². The number of hydrogen-bond acceptors (Lipinski definition) is 4. The first-order valence-electron chi connectivity index (χ1n) is 7.41. The molecule has 0 amide bonds. The maximum absolute atomic E-state index is 11.7. The number of hydrogen-bond donors (Lipinski definition) is 2. The van der Waals surface area contributed by atoms with Crippen molar-refractivity contribution in [3.8, 4) is 0 Å². The summed E-state index contributed by atoms with van der Waals surface area (Å²) in [7, 11) is -1.25. The van der Waals surface area contributed by atoms with Gasteiger partial charge >= 0.3 is 0 Å². The van der Waals surface area contributed by atoms with Crippen LogP contribution in [0.25, 0.3) is 0 Å². The van der Waals surface area contributed by atoms with Crippen LogP contribution in [0, 0.1) is 0 Å². The van der Waals surface area contributed by atoms with Gasteiger partial charge in [-0.15, -0.1) is 0 Å². The standard InChI is InChI=1S/C13H29N3O2S/c1-13-7-3-4-10-16(13)11-5-9-15-19(17,18)12-6-8-14-2/h13-15H,3-12H2,1-2H3. The molecule has 6 heteroatoms. The van der Waals surface area contributed by atoms with Crippen LogP contribution in [-0.2, 0) is 10.0 Å². The SMILES string of the molecule is CNCCCS(=O)(=O)NCCCN1CCCCC1C. The highest BCUT2D eigenvalue weighted by Gasteiger charge is 2.17. The van der Waals surface area contributed by atoms with Crippen molar-refractivity contribution >= 4 is 10.0 Å². The van der Waals surface area contributed by atoms with Crippen LogP contribution in [0.2, 0.25) is 0 Å². The smallest absolute Gasteiger partial charge is 0.211 e. The highest BCUT2D eigenvalue weighted by Crippen LogP contribution is 2.16. The van der Waals surface area contributed by atoms with Gasteiger partial charge in [-0.3, -0.25) is 0 Å². The van der Waals surface area contributed by atoms with E-state index in [1.165, 1.54) is 19.3 Å². The summed E-state index contributed by atoms with van der Waals surface area (Å²) < 4.78 is 26.0. The van der Waals surface area contributed by atoms with Crippen LogP contribution >= 0.6 is 0 Å². The van der Waals surface area contributed by atoms with E-state index in [0.29, 0.717) is 19.0 Å². The van der Waals surface area contributed by atoms with Gasteiger partial charge in [-0.2, -0.15) is 0 Å². The summed E-state index contributed by atoms with van der Waals surface area (Å²) in [6.45, 7) is 5.73. The van der Waals surface area contributed by atoms with Crippen molar-refractivity contribution in [2.24, 2.45) is 0 Å². The van der Waals surface area contributed by atoms with E-state index in [9.17, 15) is 8.42 Å². The van der Waals surface area contributed by atoms with E-state index in [4.69, 9.17) is 0 Å². The van der Waals surface area contributed by atoms with Crippen LogP contribution in [0.4, 0.5) is 0 Å². The average molecular weight is 291 g/mol. The van der Waals surface area contributed by atoms with Crippen molar-refractivity contribution in [2.45, 2.75) is 45.1 Å². The van der Waals surface area contributed by atoms with Crippen molar-refractivity contribution in [1.82, 2.24) is 14.9 Å². The Morgan fingerprint density at radius 2 is 2.00 bits per heavy atom. The van der Waals surface area contributed by atoms with Gasteiger partial charge < -0.3 is 10.2 Å². The minimum absolute atomic E-state index is 0.216. The second-order valence-electron chi connectivity index (χ2n) is 5.40. The van der Waals surface area contributed by atoms with Crippen LogP contribution in [-0.4, -0.2) is 58.3 Å². The molecule has 5 nitrogen and oxygen atoms in total. The first-order chi connectivity index (χ1) is 9.05. The molecule has 1 heterocycles. The minimum Gasteiger partial charge on any atom is -0.320 e. The minimum atomic E-state index is -3.08. The molecular weight excluding hydrogens is 262 g/mol. The van der Waals surface area contributed by atoms with E-state index in [2.05, 4.69) is 21.9 Å². The molecule has 114 valence electrons. The molecule has 1 aliphatic rings. The molecule has 1 rings (SSSR count). The maximum Gasteiger partial charge on any atom is 0.211 e. The normalized spacial score (nSPS) is 21.7. The van der Waals surface area contributed by atoms with Gasteiger partial charge in [0.15, 0.2) is 0 Å². The van der Waals surface area contributed by atoms with Gasteiger partial charge in [0.05, 0.1) is 5.75 Å². The molecule has 1 fully saturated rings. The Balaban J connectivity index is 2.12. The maximum atomic E-state index is 11.7. The molecule has 19 heavy (non-hydrogen) atoms. The monoisotopic (exact) mass is 291 g/mol. The van der Waals surface area contributed by atoms with Crippen LogP contribution < -0.4 is 10.0 Å². The molecule has 1 saturated heterocycles. The lowest BCUT2D eigenvalue weighted by atomic mass is 10.0. The predicted octanol–water partition coefficient (Wildman–Crippen LogP) is 0.780. The van der Waals surface area contributed by atoms with E-state index in [-0.39, 0.29) is 5.75 Å². The number of nitrogens with one attached hydrogen (secondary N) is 2. The Kier molecular flexibility index (Phi) is 7.90. The fraction of sp³-hybridized carbons (Fsp3) is 1.00. The summed E-state index contributed by atoms with van der Waals surface area (Å²) in [5.74, 6) is 0.216. The van der Waals surface area contributed by atoms with Crippen LogP contribution in [0.1, 0.15) is 39.0 Å². The van der Waals surface area contributed by atoms with Gasteiger partial charge in [0, 0.05) is 12.6 Å². The van der Waals surface area contributed by atoms with Gasteiger partial charge in [-0.05, 0) is 59.3 Å². The third kappa shape index (κ3) is 7.25. The first-order valence-corrected chi connectivity index (χ1v) is 9.06. The summed E-state index contributed by atoms with van der Waals surface area (Å²) in [5, 5.41) is 2.96. The summed E-state index contributed by atoms with van der Waals surface area (Å²) >= 11 is 0. The summed E-state index contributed by atoms with van der Waals surface area (Å²) in [6, 6.07) is 0.654. The largest absolute Gasteiger partial charge is 0.320 e. The van der Waals surface area contributed by atoms with Crippen molar-refractivity contribution in [2.75, 3.05) is 39.0 Å². The third-order valence-corrected chi connectivity index (χ3v) is 5.19.